The van der Waals surface area contributed by atoms with Gasteiger partial charge in [0.1, 0.15) is 0 Å². The summed E-state index contributed by atoms with van der Waals surface area (Å²) < 4.78 is 43.0. The molecule has 0 aliphatic carbocycles. The molecule has 3 heterocycles. The van der Waals surface area contributed by atoms with Crippen LogP contribution in [-0.2, 0) is 12.6 Å². The van der Waals surface area contributed by atoms with Gasteiger partial charge < -0.3 is 4.40 Å². The first-order valence-corrected chi connectivity index (χ1v) is 11.3. The lowest BCUT2D eigenvalue weighted by molar-refractivity contribution is -0.137. The summed E-state index contributed by atoms with van der Waals surface area (Å²) in [6.45, 7) is 6.54. The Labute approximate surface area is 194 Å². The van der Waals surface area contributed by atoms with Crippen molar-refractivity contribution >= 4 is 49.0 Å². The van der Waals surface area contributed by atoms with Gasteiger partial charge in [0, 0.05) is 22.4 Å². The Morgan fingerprint density at radius 3 is 2.12 bits per heavy atom. The Morgan fingerprint density at radius 2 is 1.44 bits per heavy atom. The maximum atomic E-state index is 13.7. The number of fused-ring (bicyclic) bond motifs is 9. The minimum atomic E-state index is -4.47. The van der Waals surface area contributed by atoms with E-state index in [0.717, 1.165) is 56.1 Å². The van der Waals surface area contributed by atoms with Crippen LogP contribution in [-0.4, -0.2) is 9.38 Å². The van der Waals surface area contributed by atoms with Crippen molar-refractivity contribution in [2.75, 3.05) is 0 Å². The molecule has 0 atom stereocenters. The Kier molecular flexibility index (Phi) is 4.29. The van der Waals surface area contributed by atoms with Crippen molar-refractivity contribution in [1.82, 2.24) is 9.38 Å². The molecular weight excluding hydrogens is 433 g/mol. The first-order valence-electron chi connectivity index (χ1n) is 11.3. The maximum Gasteiger partial charge on any atom is 0.417 e. The van der Waals surface area contributed by atoms with Crippen molar-refractivity contribution < 1.29 is 13.2 Å². The Balaban J connectivity index is 1.82. The van der Waals surface area contributed by atoms with Crippen LogP contribution in [0.25, 0.3) is 49.0 Å². The van der Waals surface area contributed by atoms with Crippen LogP contribution in [0.5, 0.6) is 0 Å². The maximum absolute atomic E-state index is 13.7. The second-order valence-electron chi connectivity index (χ2n) is 10.3. The van der Waals surface area contributed by atoms with Gasteiger partial charge in [-0.15, -0.1) is 0 Å². The summed E-state index contributed by atoms with van der Waals surface area (Å²) in [5.74, 6) is 0. The Bertz CT molecular complexity index is 1750. The fraction of sp³-hybridized carbons (Fsp3) is 0.207. The number of benzene rings is 3. The molecule has 0 amide bonds. The molecule has 0 aliphatic heterocycles. The van der Waals surface area contributed by atoms with Crippen LogP contribution in [0.4, 0.5) is 13.2 Å². The van der Waals surface area contributed by atoms with Crippen molar-refractivity contribution in [2.24, 2.45) is 5.41 Å². The molecule has 5 heteroatoms. The van der Waals surface area contributed by atoms with Crippen molar-refractivity contribution in [3.05, 3.63) is 84.1 Å². The zero-order valence-corrected chi connectivity index (χ0v) is 19.2. The van der Waals surface area contributed by atoms with Crippen molar-refractivity contribution in [3.8, 4) is 0 Å². The molecule has 170 valence electrons. The third kappa shape index (κ3) is 3.30. The summed E-state index contributed by atoms with van der Waals surface area (Å²) in [6.07, 6.45) is -2.65. The number of halogens is 3. The van der Waals surface area contributed by atoms with E-state index in [0.29, 0.717) is 11.0 Å². The van der Waals surface area contributed by atoms with Gasteiger partial charge in [-0.2, -0.15) is 13.2 Å². The highest BCUT2D eigenvalue weighted by Crippen LogP contribution is 2.38. The van der Waals surface area contributed by atoms with Crippen molar-refractivity contribution in [1.29, 1.82) is 0 Å². The number of hydrogen-bond donors (Lipinski definition) is 0. The number of alkyl halides is 3. The summed E-state index contributed by atoms with van der Waals surface area (Å²) in [4.78, 5) is 4.36. The van der Waals surface area contributed by atoms with Crippen LogP contribution >= 0.6 is 0 Å². The van der Waals surface area contributed by atoms with Crippen LogP contribution in [0, 0.1) is 5.41 Å². The molecule has 0 saturated carbocycles. The molecule has 0 fully saturated rings. The Morgan fingerprint density at radius 1 is 0.735 bits per heavy atom. The first-order chi connectivity index (χ1) is 16.1. The number of rotatable bonds is 1. The van der Waals surface area contributed by atoms with E-state index in [4.69, 9.17) is 0 Å². The molecule has 6 aromatic rings. The van der Waals surface area contributed by atoms with Crippen molar-refractivity contribution in [3.63, 3.8) is 0 Å². The normalized spacial score (nSPS) is 13.1. The smallest absolute Gasteiger partial charge is 0.307 e. The van der Waals surface area contributed by atoms with E-state index < -0.39 is 11.7 Å². The lowest BCUT2D eigenvalue weighted by Gasteiger charge is -2.18. The molecule has 0 saturated heterocycles. The molecular formula is C29H23F3N2. The zero-order valence-electron chi connectivity index (χ0n) is 19.2. The van der Waals surface area contributed by atoms with Crippen molar-refractivity contribution in [2.45, 2.75) is 33.4 Å². The SMILES string of the molecule is CC(C)(C)Cc1ccc2cc3c4cc5ccccc5cc4c4ncc(C(F)(F)F)cc4n3c2c1. The average molecular weight is 457 g/mol. The second-order valence-corrected chi connectivity index (χ2v) is 10.3. The summed E-state index contributed by atoms with van der Waals surface area (Å²) >= 11 is 0. The fourth-order valence-corrected chi connectivity index (χ4v) is 5.06. The number of aromatic nitrogens is 2. The second kappa shape index (κ2) is 6.95. The lowest BCUT2D eigenvalue weighted by atomic mass is 9.88. The zero-order chi connectivity index (χ0) is 23.8. The van der Waals surface area contributed by atoms with Gasteiger partial charge >= 0.3 is 6.18 Å². The topological polar surface area (TPSA) is 17.3 Å². The predicted octanol–water partition coefficient (Wildman–Crippen LogP) is 8.55. The van der Waals surface area contributed by atoms with Gasteiger partial charge in [0.25, 0.3) is 0 Å². The molecule has 0 spiro atoms. The number of nitrogens with zero attached hydrogens (tertiary/aromatic N) is 2. The molecule has 3 aromatic carbocycles. The van der Waals surface area contributed by atoms with Crippen LogP contribution in [0.1, 0.15) is 31.9 Å². The van der Waals surface area contributed by atoms with E-state index in [1.807, 2.05) is 28.7 Å². The van der Waals surface area contributed by atoms with Crippen LogP contribution in [0.15, 0.2) is 72.9 Å². The highest BCUT2D eigenvalue weighted by Gasteiger charge is 2.31. The van der Waals surface area contributed by atoms with Crippen LogP contribution in [0.3, 0.4) is 0 Å². The standard InChI is InChI=1S/C29H23F3N2/c1-28(2,3)15-17-8-9-20-13-25-22-11-18-6-4-5-7-19(18)12-23(22)27-26(34(25)24(20)10-17)14-21(16-33-27)29(30,31)32/h4-14,16H,15H2,1-3H3. The van der Waals surface area contributed by atoms with Gasteiger partial charge in [-0.3, -0.25) is 4.98 Å². The lowest BCUT2D eigenvalue weighted by Crippen LogP contribution is -2.09. The van der Waals surface area contributed by atoms with Gasteiger partial charge in [-0.05, 0) is 58.5 Å². The third-order valence-corrected chi connectivity index (χ3v) is 6.46. The monoisotopic (exact) mass is 456 g/mol. The highest BCUT2D eigenvalue weighted by molar-refractivity contribution is 6.17. The van der Waals surface area contributed by atoms with Gasteiger partial charge in [-0.1, -0.05) is 57.2 Å². The van der Waals surface area contributed by atoms with Gasteiger partial charge in [0.15, 0.2) is 0 Å². The van der Waals surface area contributed by atoms with E-state index in [2.05, 4.69) is 62.2 Å². The molecule has 0 radical (unpaired) electrons. The Hall–Kier alpha value is -3.60. The molecule has 34 heavy (non-hydrogen) atoms. The van der Waals surface area contributed by atoms with Gasteiger partial charge in [-0.25, -0.2) is 0 Å². The molecule has 0 unspecified atom stereocenters. The van der Waals surface area contributed by atoms with Gasteiger partial charge in [0.05, 0.1) is 27.6 Å². The highest BCUT2D eigenvalue weighted by atomic mass is 19.4. The van der Waals surface area contributed by atoms with E-state index >= 15 is 0 Å². The minimum Gasteiger partial charge on any atom is -0.307 e. The number of pyridine rings is 2. The fourth-order valence-electron chi connectivity index (χ4n) is 5.06. The predicted molar refractivity (Wildman–Crippen MR) is 133 cm³/mol. The average Bonchev–Trinajstić information content (AvgIpc) is 3.15. The van der Waals surface area contributed by atoms with Crippen LogP contribution in [0.2, 0.25) is 0 Å². The van der Waals surface area contributed by atoms with E-state index in [1.54, 1.807) is 0 Å². The van der Waals surface area contributed by atoms with Gasteiger partial charge in [0.2, 0.25) is 0 Å². The molecule has 0 aliphatic rings. The van der Waals surface area contributed by atoms with Crippen LogP contribution < -0.4 is 0 Å². The molecule has 0 bridgehead atoms. The van der Waals surface area contributed by atoms with E-state index in [9.17, 15) is 13.2 Å². The van der Waals surface area contributed by atoms with E-state index in [1.165, 1.54) is 6.07 Å². The van der Waals surface area contributed by atoms with E-state index in [-0.39, 0.29) is 5.41 Å². The quantitative estimate of drug-likeness (QED) is 0.179. The molecule has 3 aromatic heterocycles. The first kappa shape index (κ1) is 21.0. The summed E-state index contributed by atoms with van der Waals surface area (Å²) in [5, 5.41) is 4.95. The number of hydrogen-bond acceptors (Lipinski definition) is 1. The minimum absolute atomic E-state index is 0.0967. The molecule has 2 nitrogen and oxygen atoms in total. The summed E-state index contributed by atoms with van der Waals surface area (Å²) in [5.41, 5.74) is 3.34. The largest absolute Gasteiger partial charge is 0.417 e. The molecule has 0 N–H and O–H groups in total. The summed E-state index contributed by atoms with van der Waals surface area (Å²) in [6, 6.07) is 21.8. The third-order valence-electron chi connectivity index (χ3n) is 6.46. The summed E-state index contributed by atoms with van der Waals surface area (Å²) in [7, 11) is 0. The molecule has 6 rings (SSSR count).